The van der Waals surface area contributed by atoms with E-state index < -0.39 is 0 Å². The summed E-state index contributed by atoms with van der Waals surface area (Å²) in [4.78, 5) is 23.9. The fourth-order valence-electron chi connectivity index (χ4n) is 4.66. The molecule has 1 aliphatic rings. The number of amides is 1. The highest BCUT2D eigenvalue weighted by Crippen LogP contribution is 2.22. The van der Waals surface area contributed by atoms with Crippen molar-refractivity contribution in [1.29, 1.82) is 0 Å². The number of nitrogens with one attached hydrogen (secondary N) is 1. The molecule has 0 spiro atoms. The van der Waals surface area contributed by atoms with Crippen molar-refractivity contribution >= 4 is 5.91 Å². The Hall–Kier alpha value is -3.78. The molecule has 2 aromatic carbocycles. The monoisotopic (exact) mass is 484 g/mol. The predicted molar refractivity (Wildman–Crippen MR) is 137 cm³/mol. The second kappa shape index (κ2) is 10.9. The molecule has 0 saturated carbocycles. The summed E-state index contributed by atoms with van der Waals surface area (Å²) < 4.78 is 7.61. The Labute approximate surface area is 211 Å². The van der Waals surface area contributed by atoms with Gasteiger partial charge in [0.25, 0.3) is 0 Å². The smallest absolute Gasteiger partial charge is 0.241 e. The third-order valence-electron chi connectivity index (χ3n) is 6.94. The van der Waals surface area contributed by atoms with E-state index in [0.29, 0.717) is 24.8 Å². The van der Waals surface area contributed by atoms with Gasteiger partial charge in [-0.2, -0.15) is 4.98 Å². The van der Waals surface area contributed by atoms with Crippen molar-refractivity contribution in [1.82, 2.24) is 29.9 Å². The quantitative estimate of drug-likeness (QED) is 0.405. The Morgan fingerprint density at radius 2 is 1.78 bits per heavy atom. The zero-order valence-electron chi connectivity index (χ0n) is 20.9. The topological polar surface area (TPSA) is 89.1 Å². The molecule has 1 saturated heterocycles. The summed E-state index contributed by atoms with van der Waals surface area (Å²) in [5, 5.41) is 7.28. The summed E-state index contributed by atoms with van der Waals surface area (Å²) >= 11 is 0. The molecule has 3 heterocycles. The summed E-state index contributed by atoms with van der Waals surface area (Å²) in [6.45, 7) is 7.67. The average molecular weight is 485 g/mol. The third kappa shape index (κ3) is 5.71. The highest BCUT2D eigenvalue weighted by molar-refractivity contribution is 5.78. The average Bonchev–Trinajstić information content (AvgIpc) is 3.53. The van der Waals surface area contributed by atoms with Crippen LogP contribution in [0.25, 0.3) is 11.4 Å². The lowest BCUT2D eigenvalue weighted by atomic mass is 9.96. The molecule has 5 rings (SSSR count). The van der Waals surface area contributed by atoms with Crippen molar-refractivity contribution in [2.75, 3.05) is 13.1 Å². The standard InChI is InChI=1S/C28H32N6O2/c1-20-5-3-4-6-25(20)27-31-26(36-32-27)19-33-14-11-24(12-15-33)28(35)30-17-22-7-9-23(10-8-22)18-34-16-13-29-21(34)2/h3-10,13,16,24H,11-12,14-15,17-19H2,1-2H3,(H,30,35). The number of likely N-dealkylation sites (tertiary alicyclic amines) is 1. The van der Waals surface area contributed by atoms with E-state index in [0.717, 1.165) is 55.0 Å². The molecule has 1 aliphatic heterocycles. The second-order valence-corrected chi connectivity index (χ2v) is 9.51. The lowest BCUT2D eigenvalue weighted by molar-refractivity contribution is -0.126. The Kier molecular flexibility index (Phi) is 7.23. The van der Waals surface area contributed by atoms with Gasteiger partial charge in [-0.1, -0.05) is 53.7 Å². The van der Waals surface area contributed by atoms with Gasteiger partial charge in [-0.25, -0.2) is 4.98 Å². The van der Waals surface area contributed by atoms with E-state index in [9.17, 15) is 4.79 Å². The van der Waals surface area contributed by atoms with Crippen LogP contribution in [0.5, 0.6) is 0 Å². The fraction of sp³-hybridized carbons (Fsp3) is 0.357. The minimum Gasteiger partial charge on any atom is -0.352 e. The summed E-state index contributed by atoms with van der Waals surface area (Å²) in [5.74, 6) is 2.41. The number of aromatic nitrogens is 4. The van der Waals surface area contributed by atoms with E-state index in [2.05, 4.69) is 54.2 Å². The molecule has 4 aromatic rings. The first kappa shape index (κ1) is 23.9. The van der Waals surface area contributed by atoms with Gasteiger partial charge in [-0.15, -0.1) is 0 Å². The van der Waals surface area contributed by atoms with Gasteiger partial charge in [-0.3, -0.25) is 9.69 Å². The maximum Gasteiger partial charge on any atom is 0.241 e. The molecule has 8 heteroatoms. The first-order valence-corrected chi connectivity index (χ1v) is 12.5. The number of benzene rings is 2. The summed E-state index contributed by atoms with van der Waals surface area (Å²) in [6.07, 6.45) is 5.46. The van der Waals surface area contributed by atoms with Gasteiger partial charge in [0.05, 0.1) is 6.54 Å². The van der Waals surface area contributed by atoms with Gasteiger partial charge in [0.2, 0.25) is 17.6 Å². The Balaban J connectivity index is 1.06. The second-order valence-electron chi connectivity index (χ2n) is 9.51. The summed E-state index contributed by atoms with van der Waals surface area (Å²) in [6, 6.07) is 16.4. The highest BCUT2D eigenvalue weighted by Gasteiger charge is 2.26. The first-order chi connectivity index (χ1) is 17.5. The molecule has 0 radical (unpaired) electrons. The maximum absolute atomic E-state index is 12.8. The molecule has 0 bridgehead atoms. The molecule has 1 amide bonds. The molecule has 8 nitrogen and oxygen atoms in total. The normalized spacial score (nSPS) is 14.7. The molecule has 2 aromatic heterocycles. The number of aryl methyl sites for hydroxylation is 2. The van der Waals surface area contributed by atoms with Crippen LogP contribution in [0, 0.1) is 19.8 Å². The van der Waals surface area contributed by atoms with Crippen LogP contribution < -0.4 is 5.32 Å². The minimum atomic E-state index is 0.0370. The van der Waals surface area contributed by atoms with Gasteiger partial charge in [0, 0.05) is 37.0 Å². The van der Waals surface area contributed by atoms with Crippen molar-refractivity contribution in [3.05, 3.63) is 89.3 Å². The molecule has 186 valence electrons. The van der Waals surface area contributed by atoms with Crippen LogP contribution in [0.15, 0.2) is 65.4 Å². The largest absolute Gasteiger partial charge is 0.352 e. The van der Waals surface area contributed by atoms with Crippen molar-refractivity contribution < 1.29 is 9.32 Å². The van der Waals surface area contributed by atoms with Crippen molar-refractivity contribution in [3.63, 3.8) is 0 Å². The summed E-state index contributed by atoms with van der Waals surface area (Å²) in [5.41, 5.74) is 4.43. The lowest BCUT2D eigenvalue weighted by Gasteiger charge is -2.30. The van der Waals surface area contributed by atoms with Gasteiger partial charge < -0.3 is 14.4 Å². The van der Waals surface area contributed by atoms with E-state index in [4.69, 9.17) is 4.52 Å². The van der Waals surface area contributed by atoms with Gasteiger partial charge in [0.15, 0.2) is 0 Å². The van der Waals surface area contributed by atoms with Gasteiger partial charge in [0.1, 0.15) is 5.82 Å². The Morgan fingerprint density at radius 3 is 2.50 bits per heavy atom. The molecule has 1 fully saturated rings. The number of carbonyl (C=O) groups excluding carboxylic acids is 1. The third-order valence-corrected chi connectivity index (χ3v) is 6.94. The zero-order chi connectivity index (χ0) is 24.9. The first-order valence-electron chi connectivity index (χ1n) is 12.5. The van der Waals surface area contributed by atoms with E-state index in [1.165, 1.54) is 5.56 Å². The van der Waals surface area contributed by atoms with E-state index in [1.807, 2.05) is 50.5 Å². The van der Waals surface area contributed by atoms with Crippen LogP contribution in [0.3, 0.4) is 0 Å². The molecule has 0 atom stereocenters. The number of hydrogen-bond donors (Lipinski definition) is 1. The van der Waals surface area contributed by atoms with Crippen LogP contribution in [0.2, 0.25) is 0 Å². The number of piperidine rings is 1. The van der Waals surface area contributed by atoms with Crippen LogP contribution in [-0.2, 0) is 24.4 Å². The number of nitrogens with zero attached hydrogens (tertiary/aromatic N) is 5. The van der Waals surface area contributed by atoms with Gasteiger partial charge >= 0.3 is 0 Å². The minimum absolute atomic E-state index is 0.0370. The lowest BCUT2D eigenvalue weighted by Crippen LogP contribution is -2.40. The Bertz CT molecular complexity index is 1300. The highest BCUT2D eigenvalue weighted by atomic mass is 16.5. The van der Waals surface area contributed by atoms with Crippen LogP contribution in [0.1, 0.15) is 41.2 Å². The van der Waals surface area contributed by atoms with Crippen LogP contribution >= 0.6 is 0 Å². The van der Waals surface area contributed by atoms with E-state index in [-0.39, 0.29) is 11.8 Å². The molecule has 36 heavy (non-hydrogen) atoms. The number of hydrogen-bond acceptors (Lipinski definition) is 6. The van der Waals surface area contributed by atoms with Crippen LogP contribution in [0.4, 0.5) is 0 Å². The number of rotatable bonds is 8. The fourth-order valence-corrected chi connectivity index (χ4v) is 4.66. The maximum atomic E-state index is 12.8. The van der Waals surface area contributed by atoms with E-state index in [1.54, 1.807) is 0 Å². The van der Waals surface area contributed by atoms with E-state index >= 15 is 0 Å². The van der Waals surface area contributed by atoms with Crippen molar-refractivity contribution in [3.8, 4) is 11.4 Å². The molecule has 0 aliphatic carbocycles. The van der Waals surface area contributed by atoms with Crippen molar-refractivity contribution in [2.45, 2.75) is 46.3 Å². The number of carbonyl (C=O) groups is 1. The number of imidazole rings is 1. The molecular formula is C28H32N6O2. The predicted octanol–water partition coefficient (Wildman–Crippen LogP) is 4.13. The molecule has 1 N–H and O–H groups in total. The van der Waals surface area contributed by atoms with Crippen molar-refractivity contribution in [2.24, 2.45) is 5.92 Å². The summed E-state index contributed by atoms with van der Waals surface area (Å²) in [7, 11) is 0. The molecule has 0 unspecified atom stereocenters. The van der Waals surface area contributed by atoms with Gasteiger partial charge in [-0.05, 0) is 56.5 Å². The SMILES string of the molecule is Cc1ccccc1-c1noc(CN2CCC(C(=O)NCc3ccc(Cn4ccnc4C)cc3)CC2)n1. The molecular weight excluding hydrogens is 452 g/mol. The van der Waals surface area contributed by atoms with Crippen LogP contribution in [-0.4, -0.2) is 43.6 Å². The Morgan fingerprint density at radius 1 is 1.03 bits per heavy atom. The zero-order valence-corrected chi connectivity index (χ0v) is 20.9.